The molecule has 2 saturated heterocycles. The Bertz CT molecular complexity index is 2060. The first kappa shape index (κ1) is 31.3. The fraction of sp³-hybridized carbons (Fsp3) is 0.583. The first-order valence-corrected chi connectivity index (χ1v) is 18.6. The topological polar surface area (TPSA) is 272 Å². The van der Waals surface area contributed by atoms with Crippen LogP contribution in [0.25, 0.3) is 22.3 Å². The number of H-pyrrole nitrogens is 1. The molecule has 7 N–H and O–H groups in total. The van der Waals surface area contributed by atoms with Crippen LogP contribution in [0.15, 0.2) is 23.8 Å². The molecule has 0 spiro atoms. The van der Waals surface area contributed by atoms with E-state index in [-0.39, 0.29) is 48.0 Å². The predicted molar refractivity (Wildman–Crippen MR) is 164 cm³/mol. The molecule has 0 aromatic carbocycles. The normalized spacial score (nSPS) is 40.4. The van der Waals surface area contributed by atoms with Crippen LogP contribution < -0.4 is 17.0 Å². The summed E-state index contributed by atoms with van der Waals surface area (Å²) >= 11 is 5.47. The van der Waals surface area contributed by atoms with Crippen molar-refractivity contribution in [1.82, 2.24) is 39.0 Å². The van der Waals surface area contributed by atoms with Gasteiger partial charge in [0.05, 0.1) is 37.5 Å². The van der Waals surface area contributed by atoms with Gasteiger partial charge in [-0.1, -0.05) is 6.92 Å². The SMILES string of the molecule is CO[C@H]1[C@H]2OP(=O)(O)OC[C@@H]3[C@@H](OP(O)(=S)OC[C@H]1O[C@H]2n1cnc2c(=O)[nH]c(N)nc21)[C@@H](C)C1(n2cnc4c(N)ncnc42)C[C@@H]31. The van der Waals surface area contributed by atoms with Crippen LogP contribution in [0.4, 0.5) is 11.8 Å². The number of aromatic nitrogens is 8. The van der Waals surface area contributed by atoms with Gasteiger partial charge in [0.25, 0.3) is 5.56 Å². The molecule has 4 aromatic heterocycles. The molecule has 2 aliphatic heterocycles. The monoisotopic (exact) mass is 712 g/mol. The highest BCUT2D eigenvalue weighted by molar-refractivity contribution is 8.07. The molecule has 6 heterocycles. The lowest BCUT2D eigenvalue weighted by Crippen LogP contribution is -2.37. The number of methoxy groups -OCH3 is 1. The van der Waals surface area contributed by atoms with Crippen LogP contribution in [0.3, 0.4) is 0 Å². The number of hydrogen-bond donors (Lipinski definition) is 5. The van der Waals surface area contributed by atoms with E-state index < -0.39 is 62.2 Å². The number of aromatic amines is 1. The number of imidazole rings is 2. The van der Waals surface area contributed by atoms with Crippen LogP contribution in [-0.2, 0) is 49.5 Å². The van der Waals surface area contributed by atoms with E-state index in [1.807, 2.05) is 11.5 Å². The number of nitrogens with zero attached hydrogens (tertiary/aromatic N) is 7. The van der Waals surface area contributed by atoms with Crippen molar-refractivity contribution >= 4 is 60.4 Å². The molecule has 2 saturated carbocycles. The van der Waals surface area contributed by atoms with Gasteiger partial charge in [0.15, 0.2) is 28.9 Å². The van der Waals surface area contributed by atoms with Gasteiger partial charge in [-0.05, 0) is 24.1 Å². The number of anilines is 2. The minimum absolute atomic E-state index is 0.0265. The number of phosphoric ester groups is 1. The summed E-state index contributed by atoms with van der Waals surface area (Å²) in [6, 6.07) is 0. The molecule has 2 bridgehead atoms. The Kier molecular flexibility index (Phi) is 7.19. The maximum absolute atomic E-state index is 13.6. The molecule has 252 valence electrons. The van der Waals surface area contributed by atoms with Gasteiger partial charge in [-0.15, -0.1) is 0 Å². The Hall–Kier alpha value is -2.94. The fourth-order valence-electron chi connectivity index (χ4n) is 7.57. The molecule has 2 aliphatic carbocycles. The number of phosphoric acid groups is 1. The Morgan fingerprint density at radius 2 is 1.87 bits per heavy atom. The summed E-state index contributed by atoms with van der Waals surface area (Å²) in [7, 11) is -3.50. The van der Waals surface area contributed by atoms with Crippen molar-refractivity contribution < 1.29 is 41.9 Å². The van der Waals surface area contributed by atoms with Crippen LogP contribution in [0.5, 0.6) is 0 Å². The molecule has 4 fully saturated rings. The van der Waals surface area contributed by atoms with Crippen LogP contribution in [0, 0.1) is 17.8 Å². The zero-order valence-electron chi connectivity index (χ0n) is 24.7. The lowest BCUT2D eigenvalue weighted by molar-refractivity contribution is -0.0564. The zero-order valence-corrected chi connectivity index (χ0v) is 27.3. The van der Waals surface area contributed by atoms with Crippen molar-refractivity contribution in [2.45, 2.75) is 49.5 Å². The smallest absolute Gasteiger partial charge is 0.382 e. The summed E-state index contributed by atoms with van der Waals surface area (Å²) in [6.45, 7) is -2.66. The van der Waals surface area contributed by atoms with E-state index in [0.29, 0.717) is 17.6 Å². The largest absolute Gasteiger partial charge is 0.472 e. The molecule has 23 heteroatoms. The quantitative estimate of drug-likeness (QED) is 0.177. The Morgan fingerprint density at radius 1 is 1.09 bits per heavy atom. The Morgan fingerprint density at radius 3 is 2.66 bits per heavy atom. The summed E-state index contributed by atoms with van der Waals surface area (Å²) in [5.41, 5.74) is 11.5. The average Bonchev–Trinajstić information content (AvgIpc) is 3.30. The van der Waals surface area contributed by atoms with Crippen molar-refractivity contribution in [3.8, 4) is 0 Å². The van der Waals surface area contributed by atoms with E-state index in [1.165, 1.54) is 24.3 Å². The molecule has 8 rings (SSSR count). The van der Waals surface area contributed by atoms with E-state index in [4.69, 9.17) is 50.8 Å². The Labute approximate surface area is 269 Å². The number of rotatable bonds is 3. The third kappa shape index (κ3) is 4.87. The number of ether oxygens (including phenoxy) is 2. The van der Waals surface area contributed by atoms with Crippen LogP contribution in [0.2, 0.25) is 0 Å². The summed E-state index contributed by atoms with van der Waals surface area (Å²) in [4.78, 5) is 58.3. The molecule has 47 heavy (non-hydrogen) atoms. The van der Waals surface area contributed by atoms with Crippen molar-refractivity contribution in [2.24, 2.45) is 17.8 Å². The third-order valence-corrected chi connectivity index (χ3v) is 12.2. The first-order chi connectivity index (χ1) is 22.3. The van der Waals surface area contributed by atoms with Crippen molar-refractivity contribution in [3.63, 3.8) is 0 Å². The molecular formula is C24H30N10O10P2S. The molecule has 3 unspecified atom stereocenters. The zero-order chi connectivity index (χ0) is 33.0. The van der Waals surface area contributed by atoms with Gasteiger partial charge in [-0.3, -0.25) is 23.4 Å². The summed E-state index contributed by atoms with van der Waals surface area (Å²) in [6.07, 6.45) is -0.476. The number of nitrogens with one attached hydrogen (secondary N) is 1. The van der Waals surface area contributed by atoms with E-state index in [1.54, 1.807) is 6.33 Å². The van der Waals surface area contributed by atoms with Crippen LogP contribution in [0.1, 0.15) is 19.6 Å². The second-order valence-corrected chi connectivity index (χ2v) is 16.2. The molecule has 0 amide bonds. The maximum atomic E-state index is 13.6. The summed E-state index contributed by atoms with van der Waals surface area (Å²) in [5.74, 6) is -0.938. The van der Waals surface area contributed by atoms with E-state index in [0.717, 1.165) is 0 Å². The lowest BCUT2D eigenvalue weighted by Gasteiger charge is -2.32. The highest BCUT2D eigenvalue weighted by Gasteiger charge is 2.72. The molecule has 11 atom stereocenters. The van der Waals surface area contributed by atoms with Crippen molar-refractivity contribution in [2.75, 3.05) is 31.8 Å². The minimum Gasteiger partial charge on any atom is -0.382 e. The highest BCUT2D eigenvalue weighted by atomic mass is 32.5. The second-order valence-electron chi connectivity index (χ2n) is 12.0. The lowest BCUT2D eigenvalue weighted by atomic mass is 9.94. The van der Waals surface area contributed by atoms with Gasteiger partial charge in [-0.2, -0.15) is 4.98 Å². The Balaban J connectivity index is 1.15. The average molecular weight is 713 g/mol. The number of hydrogen-bond acceptors (Lipinski definition) is 16. The van der Waals surface area contributed by atoms with Gasteiger partial charge in [0.2, 0.25) is 5.95 Å². The minimum atomic E-state index is -4.84. The standard InChI is InChI=1S/C24H30N10O10P2S/c1-9-15-10(11-3-24(9,11)34-8-30-13-18(25)27-6-28-19(13)34)4-40-45(36,37)43-17-16(39-2)12(5-41-46(38,47)44-15)42-22(17)33-7-29-14-20(33)31-23(26)32-21(14)35/h6-12,15-17,22H,3-5H2,1-2H3,(H,36,37)(H,38,47)(H2,25,27,28)(H3,26,31,32,35)/t9-,10+,11+,12-,15+,16-,17-,22-,24?,46?/m1/s1. The van der Waals surface area contributed by atoms with Gasteiger partial charge in [0.1, 0.15) is 30.2 Å². The third-order valence-electron chi connectivity index (χ3n) is 9.68. The molecule has 4 aromatic rings. The summed E-state index contributed by atoms with van der Waals surface area (Å²) in [5, 5.41) is 0. The second kappa shape index (κ2) is 10.8. The predicted octanol–water partition coefficient (Wildman–Crippen LogP) is 0.152. The van der Waals surface area contributed by atoms with E-state index in [2.05, 4.69) is 29.9 Å². The van der Waals surface area contributed by atoms with Gasteiger partial charge >= 0.3 is 14.5 Å². The van der Waals surface area contributed by atoms with Crippen molar-refractivity contribution in [1.29, 1.82) is 0 Å². The first-order valence-electron chi connectivity index (χ1n) is 14.5. The molecular weight excluding hydrogens is 682 g/mol. The van der Waals surface area contributed by atoms with Gasteiger partial charge in [-0.25, -0.2) is 24.5 Å². The maximum Gasteiger partial charge on any atom is 0.472 e. The number of fused-ring (bicyclic) bond motifs is 7. The van der Waals surface area contributed by atoms with Gasteiger partial charge < -0.3 is 44.3 Å². The van der Waals surface area contributed by atoms with Crippen LogP contribution in [-0.4, -0.2) is 93.6 Å². The molecule has 0 radical (unpaired) electrons. The van der Waals surface area contributed by atoms with E-state index >= 15 is 0 Å². The van der Waals surface area contributed by atoms with Gasteiger partial charge in [0, 0.05) is 18.9 Å². The number of nitrogens with two attached hydrogens (primary N) is 2. The number of nitrogen functional groups attached to an aromatic ring is 2. The van der Waals surface area contributed by atoms with Crippen molar-refractivity contribution in [3.05, 3.63) is 29.3 Å². The summed E-state index contributed by atoms with van der Waals surface area (Å²) < 4.78 is 52.1. The highest BCUT2D eigenvalue weighted by Crippen LogP contribution is 2.70. The fourth-order valence-corrected chi connectivity index (χ4v) is 10.0. The van der Waals surface area contributed by atoms with Crippen LogP contribution >= 0.6 is 14.5 Å². The molecule has 20 nitrogen and oxygen atoms in total. The van der Waals surface area contributed by atoms with E-state index in [9.17, 15) is 19.1 Å². The molecule has 4 aliphatic rings.